The lowest BCUT2D eigenvalue weighted by Gasteiger charge is -2.27. The van der Waals surface area contributed by atoms with Crippen LogP contribution in [0.1, 0.15) is 25.5 Å². The van der Waals surface area contributed by atoms with Crippen molar-refractivity contribution in [2.24, 2.45) is 5.92 Å². The SMILES string of the molecule is COc1cccc(NC(=O)N(CC(C)C)C[C@H](O)c2ccc(F)cc2)c1. The molecular formula is C20H25FN2O3. The van der Waals surface area contributed by atoms with E-state index in [9.17, 15) is 14.3 Å². The van der Waals surface area contributed by atoms with E-state index in [2.05, 4.69) is 5.32 Å². The Kier molecular flexibility index (Phi) is 6.97. The molecule has 0 saturated heterocycles. The van der Waals surface area contributed by atoms with Crippen LogP contribution in [-0.2, 0) is 0 Å². The summed E-state index contributed by atoms with van der Waals surface area (Å²) in [7, 11) is 1.56. The van der Waals surface area contributed by atoms with Crippen LogP contribution in [0.2, 0.25) is 0 Å². The molecule has 1 atom stereocenters. The number of anilines is 1. The first kappa shape index (κ1) is 19.7. The third-order valence-electron chi connectivity index (χ3n) is 3.84. The van der Waals surface area contributed by atoms with Gasteiger partial charge >= 0.3 is 6.03 Å². The third kappa shape index (κ3) is 5.74. The Bertz CT molecular complexity index is 719. The average Bonchev–Trinajstić information content (AvgIpc) is 2.61. The number of hydrogen-bond acceptors (Lipinski definition) is 3. The quantitative estimate of drug-likeness (QED) is 0.783. The highest BCUT2D eigenvalue weighted by Gasteiger charge is 2.20. The summed E-state index contributed by atoms with van der Waals surface area (Å²) in [6, 6.07) is 12.4. The summed E-state index contributed by atoms with van der Waals surface area (Å²) in [5, 5.41) is 13.3. The molecule has 6 heteroatoms. The van der Waals surface area contributed by atoms with Crippen molar-refractivity contribution in [3.8, 4) is 5.75 Å². The summed E-state index contributed by atoms with van der Waals surface area (Å²) < 4.78 is 18.2. The summed E-state index contributed by atoms with van der Waals surface area (Å²) in [6.07, 6.45) is -0.898. The van der Waals surface area contributed by atoms with Gasteiger partial charge in [-0.25, -0.2) is 9.18 Å². The standard InChI is InChI=1S/C20H25FN2O3/c1-14(2)12-23(13-19(24)15-7-9-16(21)10-8-15)20(25)22-17-5-4-6-18(11-17)26-3/h4-11,14,19,24H,12-13H2,1-3H3,(H,22,25)/t19-/m0/s1. The van der Waals surface area contributed by atoms with Crippen LogP contribution in [0, 0.1) is 11.7 Å². The van der Waals surface area contributed by atoms with Gasteiger partial charge in [-0.15, -0.1) is 0 Å². The van der Waals surface area contributed by atoms with Gasteiger partial charge in [-0.2, -0.15) is 0 Å². The fraction of sp³-hybridized carbons (Fsp3) is 0.350. The number of aliphatic hydroxyl groups excluding tert-OH is 1. The molecule has 0 aliphatic heterocycles. The van der Waals surface area contributed by atoms with Gasteiger partial charge in [-0.1, -0.05) is 32.0 Å². The van der Waals surface area contributed by atoms with E-state index in [0.29, 0.717) is 23.5 Å². The number of rotatable bonds is 7. The zero-order valence-corrected chi connectivity index (χ0v) is 15.3. The number of halogens is 1. The number of ether oxygens (including phenoxy) is 1. The van der Waals surface area contributed by atoms with E-state index in [-0.39, 0.29) is 24.3 Å². The molecule has 0 aromatic heterocycles. The van der Waals surface area contributed by atoms with Gasteiger partial charge in [0.05, 0.1) is 19.8 Å². The maximum atomic E-state index is 13.1. The molecule has 2 amide bonds. The van der Waals surface area contributed by atoms with Crippen LogP contribution in [0.5, 0.6) is 5.75 Å². The molecule has 0 unspecified atom stereocenters. The third-order valence-corrected chi connectivity index (χ3v) is 3.84. The molecule has 0 bridgehead atoms. The van der Waals surface area contributed by atoms with E-state index >= 15 is 0 Å². The molecule has 2 aromatic carbocycles. The molecule has 5 nitrogen and oxygen atoms in total. The van der Waals surface area contributed by atoms with E-state index in [1.807, 2.05) is 13.8 Å². The number of benzene rings is 2. The summed E-state index contributed by atoms with van der Waals surface area (Å²) in [5.41, 5.74) is 1.17. The molecule has 0 aliphatic carbocycles. The second-order valence-corrected chi connectivity index (χ2v) is 6.53. The van der Waals surface area contributed by atoms with E-state index in [0.717, 1.165) is 0 Å². The first-order valence-corrected chi connectivity index (χ1v) is 8.52. The number of amides is 2. The second-order valence-electron chi connectivity index (χ2n) is 6.53. The Morgan fingerprint density at radius 2 is 1.88 bits per heavy atom. The first-order valence-electron chi connectivity index (χ1n) is 8.52. The van der Waals surface area contributed by atoms with Crippen molar-refractivity contribution in [1.29, 1.82) is 0 Å². The van der Waals surface area contributed by atoms with Gasteiger partial charge in [-0.3, -0.25) is 0 Å². The normalized spacial score (nSPS) is 11.9. The van der Waals surface area contributed by atoms with Crippen molar-refractivity contribution in [3.05, 3.63) is 59.9 Å². The predicted octanol–water partition coefficient (Wildman–Crippen LogP) is 4.06. The monoisotopic (exact) mass is 360 g/mol. The van der Waals surface area contributed by atoms with Crippen LogP contribution in [0.4, 0.5) is 14.9 Å². The van der Waals surface area contributed by atoms with Crippen molar-refractivity contribution >= 4 is 11.7 Å². The number of carbonyl (C=O) groups excluding carboxylic acids is 1. The Labute approximate surface area is 153 Å². The number of hydrogen-bond donors (Lipinski definition) is 2. The summed E-state index contributed by atoms with van der Waals surface area (Å²) in [5.74, 6) is 0.506. The maximum absolute atomic E-state index is 13.1. The van der Waals surface area contributed by atoms with E-state index in [1.54, 1.807) is 36.3 Å². The summed E-state index contributed by atoms with van der Waals surface area (Å²) in [6.45, 7) is 4.58. The van der Waals surface area contributed by atoms with Crippen LogP contribution in [0.25, 0.3) is 0 Å². The van der Waals surface area contributed by atoms with Gasteiger partial charge in [0.25, 0.3) is 0 Å². The largest absolute Gasteiger partial charge is 0.497 e. The molecule has 2 rings (SSSR count). The molecule has 0 aliphatic rings. The molecule has 2 N–H and O–H groups in total. The van der Waals surface area contributed by atoms with Crippen molar-refractivity contribution in [2.45, 2.75) is 20.0 Å². The zero-order valence-electron chi connectivity index (χ0n) is 15.3. The molecule has 0 fully saturated rings. The van der Waals surface area contributed by atoms with Crippen molar-refractivity contribution in [3.63, 3.8) is 0 Å². The highest BCUT2D eigenvalue weighted by atomic mass is 19.1. The van der Waals surface area contributed by atoms with Gasteiger partial charge in [-0.05, 0) is 35.7 Å². The smallest absolute Gasteiger partial charge is 0.321 e. The van der Waals surface area contributed by atoms with Gasteiger partial charge in [0, 0.05) is 18.3 Å². The van der Waals surface area contributed by atoms with Gasteiger partial charge in [0.15, 0.2) is 0 Å². The average molecular weight is 360 g/mol. The van der Waals surface area contributed by atoms with Gasteiger partial charge in [0.1, 0.15) is 11.6 Å². The number of nitrogens with zero attached hydrogens (tertiary/aromatic N) is 1. The number of nitrogens with one attached hydrogen (secondary N) is 1. The minimum Gasteiger partial charge on any atom is -0.497 e. The number of urea groups is 1. The fourth-order valence-electron chi connectivity index (χ4n) is 2.58. The minimum atomic E-state index is -0.898. The van der Waals surface area contributed by atoms with Crippen LogP contribution >= 0.6 is 0 Å². The highest BCUT2D eigenvalue weighted by molar-refractivity contribution is 5.89. The lowest BCUT2D eigenvalue weighted by atomic mass is 10.1. The number of carbonyl (C=O) groups is 1. The first-order chi connectivity index (χ1) is 12.4. The molecule has 0 saturated carbocycles. The van der Waals surface area contributed by atoms with Crippen molar-refractivity contribution in [1.82, 2.24) is 4.90 Å². The molecule has 0 heterocycles. The second kappa shape index (κ2) is 9.20. The van der Waals surface area contributed by atoms with Crippen LogP contribution in [0.15, 0.2) is 48.5 Å². The predicted molar refractivity (Wildman–Crippen MR) is 99.8 cm³/mol. The van der Waals surface area contributed by atoms with E-state index < -0.39 is 6.10 Å². The van der Waals surface area contributed by atoms with Crippen molar-refractivity contribution < 1.29 is 19.0 Å². The van der Waals surface area contributed by atoms with Crippen LogP contribution < -0.4 is 10.1 Å². The topological polar surface area (TPSA) is 61.8 Å². The lowest BCUT2D eigenvalue weighted by molar-refractivity contribution is 0.121. The van der Waals surface area contributed by atoms with E-state index in [4.69, 9.17) is 4.74 Å². The molecule has 2 aromatic rings. The minimum absolute atomic E-state index is 0.111. The Balaban J connectivity index is 2.09. The summed E-state index contributed by atoms with van der Waals surface area (Å²) >= 11 is 0. The van der Waals surface area contributed by atoms with Crippen LogP contribution in [-0.4, -0.2) is 36.2 Å². The maximum Gasteiger partial charge on any atom is 0.321 e. The Morgan fingerprint density at radius 1 is 1.19 bits per heavy atom. The number of methoxy groups -OCH3 is 1. The van der Waals surface area contributed by atoms with Gasteiger partial charge < -0.3 is 20.1 Å². The van der Waals surface area contributed by atoms with Crippen LogP contribution in [0.3, 0.4) is 0 Å². The Hall–Kier alpha value is -2.60. The van der Waals surface area contributed by atoms with Crippen molar-refractivity contribution in [2.75, 3.05) is 25.5 Å². The summed E-state index contributed by atoms with van der Waals surface area (Å²) in [4.78, 5) is 14.2. The zero-order chi connectivity index (χ0) is 19.1. The lowest BCUT2D eigenvalue weighted by Crippen LogP contribution is -2.40. The fourth-order valence-corrected chi connectivity index (χ4v) is 2.58. The molecule has 0 radical (unpaired) electrons. The highest BCUT2D eigenvalue weighted by Crippen LogP contribution is 2.19. The Morgan fingerprint density at radius 3 is 2.50 bits per heavy atom. The van der Waals surface area contributed by atoms with E-state index in [1.165, 1.54) is 24.3 Å². The molecular weight excluding hydrogens is 335 g/mol. The molecule has 140 valence electrons. The number of aliphatic hydroxyl groups is 1. The molecule has 0 spiro atoms. The molecule has 26 heavy (non-hydrogen) atoms. The van der Waals surface area contributed by atoms with Gasteiger partial charge in [0.2, 0.25) is 0 Å².